The van der Waals surface area contributed by atoms with Crippen molar-refractivity contribution in [3.63, 3.8) is 0 Å². The lowest BCUT2D eigenvalue weighted by atomic mass is 10.1. The van der Waals surface area contributed by atoms with Gasteiger partial charge in [-0.2, -0.15) is 0 Å². The number of nitrogens with one attached hydrogen (secondary N) is 1. The van der Waals surface area contributed by atoms with Gasteiger partial charge in [0.05, 0.1) is 11.3 Å². The topological polar surface area (TPSA) is 64.4 Å². The molecule has 0 aliphatic heterocycles. The summed E-state index contributed by atoms with van der Waals surface area (Å²) >= 11 is 3.42. The first-order valence-electron chi connectivity index (χ1n) is 8.16. The Balaban J connectivity index is 1.71. The van der Waals surface area contributed by atoms with Crippen molar-refractivity contribution in [3.05, 3.63) is 75.1 Å². The fraction of sp³-hybridized carbons (Fsp3) is 0.200. The molecule has 5 nitrogen and oxygen atoms in total. The lowest BCUT2D eigenvalue weighted by molar-refractivity contribution is 0.102. The standard InChI is InChI=1S/C20H19BrN2O3/c1-12-9-16(21)7-8-19(12)22-20(24)15-5-4-6-17(10-15)25-11-18-13(2)23-26-14(18)3/h4-10H,11H2,1-3H3,(H,22,24). The van der Waals surface area contributed by atoms with Crippen LogP contribution in [0.2, 0.25) is 0 Å². The van der Waals surface area contributed by atoms with E-state index in [1.165, 1.54) is 0 Å². The molecule has 0 bridgehead atoms. The van der Waals surface area contributed by atoms with Crippen LogP contribution in [0.4, 0.5) is 5.69 Å². The van der Waals surface area contributed by atoms with E-state index in [9.17, 15) is 4.79 Å². The molecular weight excluding hydrogens is 396 g/mol. The first-order valence-corrected chi connectivity index (χ1v) is 8.95. The zero-order valence-corrected chi connectivity index (χ0v) is 16.4. The van der Waals surface area contributed by atoms with E-state index in [-0.39, 0.29) is 5.91 Å². The Bertz CT molecular complexity index is 930. The number of carbonyl (C=O) groups is 1. The smallest absolute Gasteiger partial charge is 0.255 e. The van der Waals surface area contributed by atoms with E-state index >= 15 is 0 Å². The number of rotatable bonds is 5. The molecule has 0 unspecified atom stereocenters. The number of aromatic nitrogens is 1. The molecule has 2 aromatic carbocycles. The maximum absolute atomic E-state index is 12.5. The first kappa shape index (κ1) is 18.2. The lowest BCUT2D eigenvalue weighted by Crippen LogP contribution is -2.13. The molecule has 3 aromatic rings. The molecule has 1 amide bonds. The van der Waals surface area contributed by atoms with Crippen LogP contribution in [-0.2, 0) is 6.61 Å². The van der Waals surface area contributed by atoms with E-state index in [0.29, 0.717) is 17.9 Å². The number of nitrogens with zero attached hydrogens (tertiary/aromatic N) is 1. The van der Waals surface area contributed by atoms with E-state index in [0.717, 1.165) is 32.7 Å². The summed E-state index contributed by atoms with van der Waals surface area (Å²) in [6.07, 6.45) is 0. The molecule has 0 aliphatic rings. The number of halogens is 1. The summed E-state index contributed by atoms with van der Waals surface area (Å²) in [5.41, 5.74) is 4.02. The van der Waals surface area contributed by atoms with Crippen molar-refractivity contribution in [2.24, 2.45) is 0 Å². The molecule has 1 aromatic heterocycles. The van der Waals surface area contributed by atoms with Crippen LogP contribution in [0.5, 0.6) is 5.75 Å². The molecule has 1 N–H and O–H groups in total. The van der Waals surface area contributed by atoms with Crippen LogP contribution >= 0.6 is 15.9 Å². The molecule has 6 heteroatoms. The Morgan fingerprint density at radius 2 is 2.00 bits per heavy atom. The maximum Gasteiger partial charge on any atom is 0.255 e. The molecule has 134 valence electrons. The minimum atomic E-state index is -0.182. The van der Waals surface area contributed by atoms with Gasteiger partial charge in [0.25, 0.3) is 5.91 Å². The zero-order chi connectivity index (χ0) is 18.7. The van der Waals surface area contributed by atoms with E-state index in [4.69, 9.17) is 9.26 Å². The second kappa shape index (κ2) is 7.74. The number of amides is 1. The Hall–Kier alpha value is -2.60. The normalized spacial score (nSPS) is 10.6. The third-order valence-electron chi connectivity index (χ3n) is 4.10. The molecule has 0 saturated carbocycles. The fourth-order valence-corrected chi connectivity index (χ4v) is 3.03. The predicted molar refractivity (Wildman–Crippen MR) is 104 cm³/mol. The van der Waals surface area contributed by atoms with Crippen LogP contribution in [0.15, 0.2) is 51.5 Å². The van der Waals surface area contributed by atoms with Crippen molar-refractivity contribution in [2.75, 3.05) is 5.32 Å². The van der Waals surface area contributed by atoms with Gasteiger partial charge in [-0.1, -0.05) is 27.2 Å². The monoisotopic (exact) mass is 414 g/mol. The van der Waals surface area contributed by atoms with Crippen LogP contribution in [0.3, 0.4) is 0 Å². The van der Waals surface area contributed by atoms with Crippen molar-refractivity contribution < 1.29 is 14.1 Å². The van der Waals surface area contributed by atoms with Crippen molar-refractivity contribution >= 4 is 27.5 Å². The number of hydrogen-bond donors (Lipinski definition) is 1. The molecule has 0 radical (unpaired) electrons. The van der Waals surface area contributed by atoms with Gasteiger partial charge in [-0.3, -0.25) is 4.79 Å². The molecular formula is C20H19BrN2O3. The zero-order valence-electron chi connectivity index (χ0n) is 14.8. The molecule has 0 fully saturated rings. The van der Waals surface area contributed by atoms with Gasteiger partial charge in [-0.25, -0.2) is 0 Å². The largest absolute Gasteiger partial charge is 0.489 e. The molecule has 0 aliphatic carbocycles. The SMILES string of the molecule is Cc1cc(Br)ccc1NC(=O)c1cccc(OCc2c(C)noc2C)c1. The third kappa shape index (κ3) is 4.14. The Morgan fingerprint density at radius 1 is 1.19 bits per heavy atom. The second-order valence-corrected chi connectivity index (χ2v) is 6.95. The van der Waals surface area contributed by atoms with Gasteiger partial charge in [-0.15, -0.1) is 0 Å². The number of hydrogen-bond acceptors (Lipinski definition) is 4. The van der Waals surface area contributed by atoms with E-state index < -0.39 is 0 Å². The Kier molecular flexibility index (Phi) is 5.42. The summed E-state index contributed by atoms with van der Waals surface area (Å²) in [5, 5.41) is 6.84. The van der Waals surface area contributed by atoms with Gasteiger partial charge in [0.2, 0.25) is 0 Å². The predicted octanol–water partition coefficient (Wildman–Crippen LogP) is 5.19. The summed E-state index contributed by atoms with van der Waals surface area (Å²) < 4.78 is 11.9. The molecule has 3 rings (SSSR count). The molecule has 1 heterocycles. The van der Waals surface area contributed by atoms with Crippen molar-refractivity contribution in [1.82, 2.24) is 5.16 Å². The molecule has 0 atom stereocenters. The summed E-state index contributed by atoms with van der Waals surface area (Å²) in [5.74, 6) is 1.17. The molecule has 0 spiro atoms. The number of aryl methyl sites for hydroxylation is 3. The van der Waals surface area contributed by atoms with Gasteiger partial charge < -0.3 is 14.6 Å². The van der Waals surface area contributed by atoms with Crippen molar-refractivity contribution in [1.29, 1.82) is 0 Å². The van der Waals surface area contributed by atoms with Crippen LogP contribution in [0.1, 0.15) is 32.9 Å². The summed E-state index contributed by atoms with van der Waals surface area (Å²) in [6.45, 7) is 6.02. The molecule has 26 heavy (non-hydrogen) atoms. The van der Waals surface area contributed by atoms with Gasteiger partial charge in [0.1, 0.15) is 18.1 Å². The van der Waals surface area contributed by atoms with E-state index in [1.807, 2.05) is 45.0 Å². The average molecular weight is 415 g/mol. The minimum absolute atomic E-state index is 0.182. The van der Waals surface area contributed by atoms with Crippen molar-refractivity contribution in [3.8, 4) is 5.75 Å². The highest BCUT2D eigenvalue weighted by molar-refractivity contribution is 9.10. The number of benzene rings is 2. The summed E-state index contributed by atoms with van der Waals surface area (Å²) in [4.78, 5) is 12.5. The van der Waals surface area contributed by atoms with E-state index in [1.54, 1.807) is 18.2 Å². The van der Waals surface area contributed by atoms with Gasteiger partial charge in [0.15, 0.2) is 0 Å². The highest BCUT2D eigenvalue weighted by atomic mass is 79.9. The number of carbonyl (C=O) groups excluding carboxylic acids is 1. The van der Waals surface area contributed by atoms with Gasteiger partial charge >= 0.3 is 0 Å². The third-order valence-corrected chi connectivity index (χ3v) is 4.59. The average Bonchev–Trinajstić information content (AvgIpc) is 2.94. The van der Waals surface area contributed by atoms with Crippen LogP contribution in [0.25, 0.3) is 0 Å². The highest BCUT2D eigenvalue weighted by Crippen LogP contribution is 2.22. The molecule has 0 saturated heterocycles. The summed E-state index contributed by atoms with van der Waals surface area (Å²) in [6, 6.07) is 12.8. The van der Waals surface area contributed by atoms with Gasteiger partial charge in [0, 0.05) is 15.7 Å². The second-order valence-electron chi connectivity index (χ2n) is 6.03. The number of anilines is 1. The maximum atomic E-state index is 12.5. The highest BCUT2D eigenvalue weighted by Gasteiger charge is 2.12. The van der Waals surface area contributed by atoms with Crippen LogP contribution < -0.4 is 10.1 Å². The van der Waals surface area contributed by atoms with Crippen molar-refractivity contribution in [2.45, 2.75) is 27.4 Å². The Labute approximate surface area is 160 Å². The van der Waals surface area contributed by atoms with Crippen LogP contribution in [-0.4, -0.2) is 11.1 Å². The number of ether oxygens (including phenoxy) is 1. The lowest BCUT2D eigenvalue weighted by Gasteiger charge is -2.10. The van der Waals surface area contributed by atoms with Crippen LogP contribution in [0, 0.1) is 20.8 Å². The quantitative estimate of drug-likeness (QED) is 0.623. The fourth-order valence-electron chi connectivity index (χ4n) is 2.55. The first-order chi connectivity index (χ1) is 12.4. The van der Waals surface area contributed by atoms with Gasteiger partial charge in [-0.05, 0) is 62.7 Å². The Morgan fingerprint density at radius 3 is 2.69 bits per heavy atom. The van der Waals surface area contributed by atoms with E-state index in [2.05, 4.69) is 26.4 Å². The summed E-state index contributed by atoms with van der Waals surface area (Å²) in [7, 11) is 0. The minimum Gasteiger partial charge on any atom is -0.489 e.